The minimum absolute atomic E-state index is 0.0972. The molecule has 3 rings (SSSR count). The maximum atomic E-state index is 12.8. The van der Waals surface area contributed by atoms with Crippen LogP contribution >= 0.6 is 11.6 Å². The fourth-order valence-electron chi connectivity index (χ4n) is 3.38. The highest BCUT2D eigenvalue weighted by Crippen LogP contribution is 2.26. The van der Waals surface area contributed by atoms with Gasteiger partial charge in [0.25, 0.3) is 5.91 Å². The number of amides is 1. The molecule has 5 heteroatoms. The van der Waals surface area contributed by atoms with Crippen LogP contribution in [0.3, 0.4) is 0 Å². The first-order valence-corrected chi connectivity index (χ1v) is 8.13. The molecule has 1 unspecified atom stereocenters. The van der Waals surface area contributed by atoms with Gasteiger partial charge in [-0.05, 0) is 44.5 Å². The lowest BCUT2D eigenvalue weighted by Crippen LogP contribution is -2.52. The highest BCUT2D eigenvalue weighted by Gasteiger charge is 2.33. The number of piperazine rings is 1. The molecular formula is C16H22ClN3O. The van der Waals surface area contributed by atoms with Crippen LogP contribution in [0.2, 0.25) is 5.02 Å². The second-order valence-electron chi connectivity index (χ2n) is 5.80. The molecule has 0 saturated carbocycles. The Bertz CT molecular complexity index is 534. The summed E-state index contributed by atoms with van der Waals surface area (Å²) < 4.78 is 0. The molecule has 1 amide bonds. The molecule has 4 nitrogen and oxygen atoms in total. The molecule has 0 radical (unpaired) electrons. The van der Waals surface area contributed by atoms with E-state index in [0.29, 0.717) is 16.6 Å². The number of nitrogens with one attached hydrogen (secondary N) is 1. The van der Waals surface area contributed by atoms with Crippen molar-refractivity contribution in [1.82, 2.24) is 9.80 Å². The van der Waals surface area contributed by atoms with Crippen molar-refractivity contribution in [2.75, 3.05) is 38.0 Å². The van der Waals surface area contributed by atoms with Crippen molar-refractivity contribution in [2.24, 2.45) is 0 Å². The number of anilines is 1. The van der Waals surface area contributed by atoms with Crippen molar-refractivity contribution in [3.05, 3.63) is 28.8 Å². The number of halogens is 1. The Kier molecular flexibility index (Phi) is 4.36. The van der Waals surface area contributed by atoms with Crippen LogP contribution in [-0.2, 0) is 0 Å². The van der Waals surface area contributed by atoms with Gasteiger partial charge in [-0.15, -0.1) is 0 Å². The van der Waals surface area contributed by atoms with Gasteiger partial charge in [0.1, 0.15) is 0 Å². The van der Waals surface area contributed by atoms with Crippen LogP contribution in [0.1, 0.15) is 30.1 Å². The zero-order valence-electron chi connectivity index (χ0n) is 12.4. The fourth-order valence-corrected chi connectivity index (χ4v) is 3.56. The van der Waals surface area contributed by atoms with Crippen LogP contribution in [0.25, 0.3) is 0 Å². The third-order valence-corrected chi connectivity index (χ3v) is 4.69. The standard InChI is InChI=1S/C16H22ClN3O/c1-2-18-15-6-5-12(17)10-14(15)16(21)20-9-8-19-7-3-4-13(19)11-20/h5-6,10,13,18H,2-4,7-9,11H2,1H3. The zero-order chi connectivity index (χ0) is 14.8. The van der Waals surface area contributed by atoms with Gasteiger partial charge < -0.3 is 10.2 Å². The van der Waals surface area contributed by atoms with E-state index >= 15 is 0 Å². The Balaban J connectivity index is 1.79. The molecule has 114 valence electrons. The SMILES string of the molecule is CCNc1ccc(Cl)cc1C(=O)N1CCN2CCCC2C1. The van der Waals surface area contributed by atoms with E-state index in [1.807, 2.05) is 24.0 Å². The Morgan fingerprint density at radius 2 is 2.24 bits per heavy atom. The molecule has 0 aromatic heterocycles. The molecule has 1 aromatic rings. The Labute approximate surface area is 131 Å². The van der Waals surface area contributed by atoms with E-state index < -0.39 is 0 Å². The molecule has 1 atom stereocenters. The second-order valence-corrected chi connectivity index (χ2v) is 6.24. The first kappa shape index (κ1) is 14.7. The second kappa shape index (κ2) is 6.24. The largest absolute Gasteiger partial charge is 0.385 e. The van der Waals surface area contributed by atoms with Gasteiger partial charge in [-0.3, -0.25) is 9.69 Å². The highest BCUT2D eigenvalue weighted by molar-refractivity contribution is 6.31. The average Bonchev–Trinajstić information content (AvgIpc) is 2.96. The molecular weight excluding hydrogens is 286 g/mol. The lowest BCUT2D eigenvalue weighted by Gasteiger charge is -2.37. The number of hydrogen-bond donors (Lipinski definition) is 1. The van der Waals surface area contributed by atoms with Crippen LogP contribution in [0, 0.1) is 0 Å². The van der Waals surface area contributed by atoms with Crippen molar-refractivity contribution >= 4 is 23.2 Å². The van der Waals surface area contributed by atoms with Crippen LogP contribution < -0.4 is 5.32 Å². The summed E-state index contributed by atoms with van der Waals surface area (Å²) in [6.07, 6.45) is 2.46. The minimum Gasteiger partial charge on any atom is -0.385 e. The third-order valence-electron chi connectivity index (χ3n) is 4.45. The summed E-state index contributed by atoms with van der Waals surface area (Å²) in [5.41, 5.74) is 1.57. The lowest BCUT2D eigenvalue weighted by atomic mass is 10.1. The van der Waals surface area contributed by atoms with Crippen LogP contribution in [-0.4, -0.2) is 54.5 Å². The van der Waals surface area contributed by atoms with Gasteiger partial charge in [-0.25, -0.2) is 0 Å². The third kappa shape index (κ3) is 3.01. The van der Waals surface area contributed by atoms with Gasteiger partial charge in [0.05, 0.1) is 5.56 Å². The minimum atomic E-state index is 0.0972. The summed E-state index contributed by atoms with van der Waals surface area (Å²) in [6.45, 7) is 6.66. The van der Waals surface area contributed by atoms with E-state index in [9.17, 15) is 4.79 Å². The van der Waals surface area contributed by atoms with Gasteiger partial charge in [-0.1, -0.05) is 11.6 Å². The molecule has 0 spiro atoms. The summed E-state index contributed by atoms with van der Waals surface area (Å²) in [7, 11) is 0. The lowest BCUT2D eigenvalue weighted by molar-refractivity contribution is 0.0572. The average molecular weight is 308 g/mol. The van der Waals surface area contributed by atoms with Crippen molar-refractivity contribution in [3.63, 3.8) is 0 Å². The molecule has 2 aliphatic rings. The molecule has 1 N–H and O–H groups in total. The zero-order valence-corrected chi connectivity index (χ0v) is 13.2. The maximum Gasteiger partial charge on any atom is 0.256 e. The molecule has 2 saturated heterocycles. The Hall–Kier alpha value is -1.26. The maximum absolute atomic E-state index is 12.8. The fraction of sp³-hybridized carbons (Fsp3) is 0.562. The van der Waals surface area contributed by atoms with Crippen LogP contribution in [0.5, 0.6) is 0 Å². The van der Waals surface area contributed by atoms with Gasteiger partial charge >= 0.3 is 0 Å². The Morgan fingerprint density at radius 1 is 1.38 bits per heavy atom. The van der Waals surface area contributed by atoms with E-state index in [2.05, 4.69) is 10.2 Å². The number of hydrogen-bond acceptors (Lipinski definition) is 3. The molecule has 1 aromatic carbocycles. The smallest absolute Gasteiger partial charge is 0.256 e. The quantitative estimate of drug-likeness (QED) is 0.932. The van der Waals surface area contributed by atoms with E-state index in [0.717, 1.165) is 31.9 Å². The van der Waals surface area contributed by atoms with Gasteiger partial charge in [0.15, 0.2) is 0 Å². The monoisotopic (exact) mass is 307 g/mol. The van der Waals surface area contributed by atoms with Crippen LogP contribution in [0.4, 0.5) is 5.69 Å². The van der Waals surface area contributed by atoms with Gasteiger partial charge in [0.2, 0.25) is 0 Å². The first-order valence-electron chi connectivity index (χ1n) is 7.76. The number of carbonyl (C=O) groups is 1. The first-order chi connectivity index (χ1) is 10.2. The number of fused-ring (bicyclic) bond motifs is 1. The van der Waals surface area contributed by atoms with E-state index in [1.54, 1.807) is 6.07 Å². The number of rotatable bonds is 3. The number of nitrogens with zero attached hydrogens (tertiary/aromatic N) is 2. The van der Waals surface area contributed by atoms with Gasteiger partial charge in [-0.2, -0.15) is 0 Å². The molecule has 0 bridgehead atoms. The molecule has 2 heterocycles. The highest BCUT2D eigenvalue weighted by atomic mass is 35.5. The summed E-state index contributed by atoms with van der Waals surface area (Å²) in [6, 6.07) is 6.04. The van der Waals surface area contributed by atoms with E-state index in [-0.39, 0.29) is 5.91 Å². The van der Waals surface area contributed by atoms with Crippen LogP contribution in [0.15, 0.2) is 18.2 Å². The summed E-state index contributed by atoms with van der Waals surface area (Å²) in [4.78, 5) is 17.3. The summed E-state index contributed by atoms with van der Waals surface area (Å²) in [5.74, 6) is 0.0972. The summed E-state index contributed by atoms with van der Waals surface area (Å²) >= 11 is 6.08. The van der Waals surface area contributed by atoms with E-state index in [4.69, 9.17) is 11.6 Å². The molecule has 2 aliphatic heterocycles. The van der Waals surface area contributed by atoms with Crippen molar-refractivity contribution in [2.45, 2.75) is 25.8 Å². The molecule has 2 fully saturated rings. The van der Waals surface area contributed by atoms with Gasteiger partial charge in [0, 0.05) is 42.9 Å². The predicted octanol–water partition coefficient (Wildman–Crippen LogP) is 2.69. The molecule has 21 heavy (non-hydrogen) atoms. The Morgan fingerprint density at radius 3 is 3.05 bits per heavy atom. The van der Waals surface area contributed by atoms with E-state index in [1.165, 1.54) is 19.4 Å². The van der Waals surface area contributed by atoms with Crippen molar-refractivity contribution in [1.29, 1.82) is 0 Å². The number of carbonyl (C=O) groups excluding carboxylic acids is 1. The van der Waals surface area contributed by atoms with Crippen molar-refractivity contribution < 1.29 is 4.79 Å². The normalized spacial score (nSPS) is 22.2. The molecule has 0 aliphatic carbocycles. The van der Waals surface area contributed by atoms with Crippen molar-refractivity contribution in [3.8, 4) is 0 Å². The number of benzene rings is 1. The summed E-state index contributed by atoms with van der Waals surface area (Å²) in [5, 5.41) is 3.86. The topological polar surface area (TPSA) is 35.6 Å². The predicted molar refractivity (Wildman–Crippen MR) is 86.1 cm³/mol.